The molecule has 4 heteroatoms. The largest absolute Gasteiger partial charge is 0.496 e. The van der Waals surface area contributed by atoms with Gasteiger partial charge in [0.2, 0.25) is 0 Å². The van der Waals surface area contributed by atoms with E-state index >= 15 is 0 Å². The van der Waals surface area contributed by atoms with Crippen LogP contribution in [-0.4, -0.2) is 26.2 Å². The summed E-state index contributed by atoms with van der Waals surface area (Å²) in [6.45, 7) is 3.86. The molecule has 1 aliphatic heterocycles. The van der Waals surface area contributed by atoms with Gasteiger partial charge in [-0.05, 0) is 13.0 Å². The van der Waals surface area contributed by atoms with Crippen molar-refractivity contribution in [3.63, 3.8) is 0 Å². The maximum Gasteiger partial charge on any atom is 0.191 e. The molecule has 0 bridgehead atoms. The molecule has 4 nitrogen and oxygen atoms in total. The zero-order valence-corrected chi connectivity index (χ0v) is 9.66. The minimum atomic E-state index is 0.181. The quantitative estimate of drug-likeness (QED) is 0.805. The van der Waals surface area contributed by atoms with Gasteiger partial charge in [-0.25, -0.2) is 0 Å². The van der Waals surface area contributed by atoms with E-state index < -0.39 is 0 Å². The van der Waals surface area contributed by atoms with Crippen LogP contribution in [0.4, 0.5) is 0 Å². The summed E-state index contributed by atoms with van der Waals surface area (Å²) in [5, 5.41) is 6.52. The molecule has 1 heterocycles. The van der Waals surface area contributed by atoms with Crippen LogP contribution in [0.5, 0.6) is 5.75 Å². The van der Waals surface area contributed by atoms with Crippen molar-refractivity contribution in [2.75, 3.05) is 20.2 Å². The van der Waals surface area contributed by atoms with E-state index in [1.165, 1.54) is 0 Å². The Morgan fingerprint density at radius 1 is 1.44 bits per heavy atom. The third-order valence-corrected chi connectivity index (χ3v) is 2.63. The van der Waals surface area contributed by atoms with Crippen LogP contribution in [0, 0.1) is 0 Å². The summed E-state index contributed by atoms with van der Waals surface area (Å²) in [6, 6.07) is 8.20. The second kappa shape index (κ2) is 4.88. The predicted molar refractivity (Wildman–Crippen MR) is 64.8 cm³/mol. The minimum Gasteiger partial charge on any atom is -0.496 e. The molecule has 0 aliphatic carbocycles. The van der Waals surface area contributed by atoms with E-state index in [9.17, 15) is 0 Å². The molecule has 2 N–H and O–H groups in total. The van der Waals surface area contributed by atoms with E-state index in [0.717, 1.165) is 30.4 Å². The van der Waals surface area contributed by atoms with Crippen LogP contribution in [0.2, 0.25) is 0 Å². The molecular formula is C12H17N3O. The molecule has 0 saturated heterocycles. The molecule has 1 aromatic carbocycles. The third-order valence-electron chi connectivity index (χ3n) is 2.63. The van der Waals surface area contributed by atoms with Crippen molar-refractivity contribution in [2.45, 2.75) is 13.0 Å². The highest BCUT2D eigenvalue weighted by atomic mass is 16.5. The van der Waals surface area contributed by atoms with Crippen molar-refractivity contribution in [3.8, 4) is 5.75 Å². The zero-order chi connectivity index (χ0) is 11.4. The van der Waals surface area contributed by atoms with Crippen molar-refractivity contribution in [1.82, 2.24) is 10.6 Å². The van der Waals surface area contributed by atoms with Gasteiger partial charge in [0.05, 0.1) is 19.7 Å². The van der Waals surface area contributed by atoms with Gasteiger partial charge in [-0.3, -0.25) is 4.99 Å². The highest BCUT2D eigenvalue weighted by molar-refractivity contribution is 5.81. The van der Waals surface area contributed by atoms with Crippen molar-refractivity contribution in [2.24, 2.45) is 4.99 Å². The van der Waals surface area contributed by atoms with E-state index in [1.807, 2.05) is 18.2 Å². The van der Waals surface area contributed by atoms with Gasteiger partial charge in [0, 0.05) is 12.1 Å². The first-order valence-corrected chi connectivity index (χ1v) is 5.49. The van der Waals surface area contributed by atoms with Gasteiger partial charge < -0.3 is 15.4 Å². The number of hydrogen-bond acceptors (Lipinski definition) is 4. The number of rotatable bonds is 3. The van der Waals surface area contributed by atoms with Crippen LogP contribution in [0.3, 0.4) is 0 Å². The van der Waals surface area contributed by atoms with Gasteiger partial charge in [0.25, 0.3) is 0 Å². The average Bonchev–Trinajstić information content (AvgIpc) is 2.81. The lowest BCUT2D eigenvalue weighted by Gasteiger charge is -2.18. The standard InChI is InChI=1S/C12H17N3O/c1-9(15-12-13-7-8-14-12)10-5-3-4-6-11(10)16-2/h3-6,9H,7-8H2,1-2H3,(H2,13,14,15)/t9-/m0/s1. The van der Waals surface area contributed by atoms with Crippen molar-refractivity contribution in [3.05, 3.63) is 29.8 Å². The number of nitrogens with zero attached hydrogens (tertiary/aromatic N) is 1. The van der Waals surface area contributed by atoms with Crippen LogP contribution in [0.15, 0.2) is 29.3 Å². The van der Waals surface area contributed by atoms with E-state index in [0.29, 0.717) is 0 Å². The van der Waals surface area contributed by atoms with Gasteiger partial charge in [0.1, 0.15) is 5.75 Å². The maximum absolute atomic E-state index is 5.33. The Balaban J connectivity index is 2.10. The minimum absolute atomic E-state index is 0.181. The molecule has 0 fully saturated rings. The summed E-state index contributed by atoms with van der Waals surface area (Å²) >= 11 is 0. The first-order chi connectivity index (χ1) is 7.81. The first-order valence-electron chi connectivity index (χ1n) is 5.49. The van der Waals surface area contributed by atoms with Gasteiger partial charge >= 0.3 is 0 Å². The fourth-order valence-electron chi connectivity index (χ4n) is 1.80. The van der Waals surface area contributed by atoms with Gasteiger partial charge in [-0.2, -0.15) is 0 Å². The second-order valence-electron chi connectivity index (χ2n) is 3.77. The molecule has 0 radical (unpaired) electrons. The fourth-order valence-corrected chi connectivity index (χ4v) is 1.80. The Bertz CT molecular complexity index is 390. The molecule has 0 amide bonds. The first kappa shape index (κ1) is 10.8. The zero-order valence-electron chi connectivity index (χ0n) is 9.66. The number of guanidine groups is 1. The molecule has 0 aromatic heterocycles. The van der Waals surface area contributed by atoms with Crippen molar-refractivity contribution < 1.29 is 4.74 Å². The summed E-state index contributed by atoms with van der Waals surface area (Å²) in [5.41, 5.74) is 1.14. The number of ether oxygens (including phenoxy) is 1. The highest BCUT2D eigenvalue weighted by Gasteiger charge is 2.13. The van der Waals surface area contributed by atoms with Gasteiger partial charge in [-0.15, -0.1) is 0 Å². The Hall–Kier alpha value is -1.71. The summed E-state index contributed by atoms with van der Waals surface area (Å²) in [7, 11) is 1.69. The Morgan fingerprint density at radius 2 is 2.25 bits per heavy atom. The lowest BCUT2D eigenvalue weighted by atomic mass is 10.1. The number of nitrogens with one attached hydrogen (secondary N) is 2. The Morgan fingerprint density at radius 3 is 2.94 bits per heavy atom. The van der Waals surface area contributed by atoms with Crippen molar-refractivity contribution in [1.29, 1.82) is 0 Å². The van der Waals surface area contributed by atoms with Gasteiger partial charge in [-0.1, -0.05) is 18.2 Å². The van der Waals surface area contributed by atoms with Crippen LogP contribution < -0.4 is 15.4 Å². The highest BCUT2D eigenvalue weighted by Crippen LogP contribution is 2.24. The average molecular weight is 219 g/mol. The molecule has 2 rings (SSSR count). The lowest BCUT2D eigenvalue weighted by molar-refractivity contribution is 0.405. The number of para-hydroxylation sites is 1. The predicted octanol–water partition coefficient (Wildman–Crippen LogP) is 1.30. The maximum atomic E-state index is 5.33. The Labute approximate surface area is 95.7 Å². The summed E-state index contributed by atoms with van der Waals surface area (Å²) in [4.78, 5) is 4.31. The lowest BCUT2D eigenvalue weighted by Crippen LogP contribution is -2.35. The molecule has 1 aromatic rings. The molecule has 86 valence electrons. The van der Waals surface area contributed by atoms with Crippen LogP contribution in [0.1, 0.15) is 18.5 Å². The molecule has 16 heavy (non-hydrogen) atoms. The molecule has 0 unspecified atom stereocenters. The van der Waals surface area contributed by atoms with E-state index in [4.69, 9.17) is 4.74 Å². The van der Waals surface area contributed by atoms with Crippen LogP contribution in [0.25, 0.3) is 0 Å². The van der Waals surface area contributed by atoms with Crippen LogP contribution >= 0.6 is 0 Å². The monoisotopic (exact) mass is 219 g/mol. The molecule has 0 saturated carbocycles. The van der Waals surface area contributed by atoms with Crippen molar-refractivity contribution >= 4 is 5.96 Å². The second-order valence-corrected chi connectivity index (χ2v) is 3.77. The number of benzene rings is 1. The normalized spacial score (nSPS) is 16.2. The van der Waals surface area contributed by atoms with Gasteiger partial charge in [0.15, 0.2) is 5.96 Å². The van der Waals surface area contributed by atoms with E-state index in [-0.39, 0.29) is 6.04 Å². The number of hydrogen-bond donors (Lipinski definition) is 2. The third kappa shape index (κ3) is 2.27. The fraction of sp³-hybridized carbons (Fsp3) is 0.417. The molecule has 1 atom stereocenters. The molecule has 0 spiro atoms. The smallest absolute Gasteiger partial charge is 0.191 e. The summed E-state index contributed by atoms with van der Waals surface area (Å²) < 4.78 is 5.33. The SMILES string of the molecule is COc1ccccc1[C@H](C)NC1=NCCN1. The van der Waals surface area contributed by atoms with Crippen LogP contribution in [-0.2, 0) is 0 Å². The summed E-state index contributed by atoms with van der Waals surface area (Å²) in [5.74, 6) is 1.78. The van der Waals surface area contributed by atoms with E-state index in [1.54, 1.807) is 7.11 Å². The topological polar surface area (TPSA) is 45.6 Å². The molecule has 1 aliphatic rings. The summed E-state index contributed by atoms with van der Waals surface area (Å²) in [6.07, 6.45) is 0. The van der Waals surface area contributed by atoms with E-state index in [2.05, 4.69) is 28.6 Å². The molecular weight excluding hydrogens is 202 g/mol. The Kier molecular flexibility index (Phi) is 3.29. The number of aliphatic imine (C=N–C) groups is 1. The number of methoxy groups -OCH3 is 1.